The number of fused-ring (bicyclic) bond motifs is 3. The molecule has 25 heavy (non-hydrogen) atoms. The van der Waals surface area contributed by atoms with Gasteiger partial charge in [0.25, 0.3) is 0 Å². The number of piperidine rings is 1. The SMILES string of the molecule is CC1CCN2c3ccccc3N(c3ccc(C(F)(F)F)cc3)CC2C1. The maximum atomic E-state index is 12.8. The largest absolute Gasteiger partial charge is 0.416 e. The lowest BCUT2D eigenvalue weighted by atomic mass is 9.89. The van der Waals surface area contributed by atoms with Gasteiger partial charge in [-0.1, -0.05) is 19.1 Å². The van der Waals surface area contributed by atoms with Crippen molar-refractivity contribution in [3.63, 3.8) is 0 Å². The summed E-state index contributed by atoms with van der Waals surface area (Å²) in [6.07, 6.45) is -2.00. The van der Waals surface area contributed by atoms with E-state index in [1.165, 1.54) is 24.2 Å². The molecule has 1 saturated heterocycles. The number of halogens is 3. The minimum absolute atomic E-state index is 0.404. The molecule has 0 bridgehead atoms. The van der Waals surface area contributed by atoms with Crippen molar-refractivity contribution >= 4 is 17.1 Å². The van der Waals surface area contributed by atoms with Crippen molar-refractivity contribution < 1.29 is 13.2 Å². The van der Waals surface area contributed by atoms with Crippen LogP contribution in [0.15, 0.2) is 48.5 Å². The number of rotatable bonds is 1. The fraction of sp³-hybridized carbons (Fsp3) is 0.400. The molecule has 2 heterocycles. The molecule has 0 saturated carbocycles. The van der Waals surface area contributed by atoms with Gasteiger partial charge in [0, 0.05) is 24.8 Å². The monoisotopic (exact) mass is 346 g/mol. The van der Waals surface area contributed by atoms with Crippen LogP contribution in [0.2, 0.25) is 0 Å². The predicted octanol–water partition coefficient (Wildman–Crippen LogP) is 5.46. The van der Waals surface area contributed by atoms with Crippen LogP contribution in [-0.2, 0) is 6.18 Å². The van der Waals surface area contributed by atoms with Crippen molar-refractivity contribution in [1.29, 1.82) is 0 Å². The standard InChI is InChI=1S/C20H21F3N2/c1-14-10-11-24-17(12-14)13-25(19-5-3-2-4-18(19)24)16-8-6-15(7-9-16)20(21,22)23/h2-9,14,17H,10-13H2,1H3. The Bertz CT molecular complexity index is 754. The van der Waals surface area contributed by atoms with Crippen molar-refractivity contribution in [2.45, 2.75) is 32.0 Å². The normalized spacial score (nSPS) is 23.2. The van der Waals surface area contributed by atoms with Crippen molar-refractivity contribution in [2.75, 3.05) is 22.9 Å². The number of benzene rings is 2. The van der Waals surface area contributed by atoms with E-state index in [2.05, 4.69) is 28.9 Å². The Balaban J connectivity index is 1.71. The number of hydrogen-bond donors (Lipinski definition) is 0. The molecule has 1 fully saturated rings. The molecule has 0 N–H and O–H groups in total. The summed E-state index contributed by atoms with van der Waals surface area (Å²) >= 11 is 0. The van der Waals surface area contributed by atoms with Crippen LogP contribution in [-0.4, -0.2) is 19.1 Å². The first kappa shape index (κ1) is 16.3. The highest BCUT2D eigenvalue weighted by atomic mass is 19.4. The van der Waals surface area contributed by atoms with Gasteiger partial charge < -0.3 is 9.80 Å². The number of hydrogen-bond acceptors (Lipinski definition) is 2. The van der Waals surface area contributed by atoms with Crippen LogP contribution in [0.25, 0.3) is 0 Å². The molecule has 2 atom stereocenters. The number of nitrogens with zero attached hydrogens (tertiary/aromatic N) is 2. The highest BCUT2D eigenvalue weighted by molar-refractivity contribution is 5.80. The van der Waals surface area contributed by atoms with Gasteiger partial charge in [0.05, 0.1) is 16.9 Å². The van der Waals surface area contributed by atoms with Crippen LogP contribution in [0, 0.1) is 5.92 Å². The Kier molecular flexibility index (Phi) is 3.89. The number of anilines is 3. The lowest BCUT2D eigenvalue weighted by Crippen LogP contribution is -2.51. The topological polar surface area (TPSA) is 6.48 Å². The van der Waals surface area contributed by atoms with Crippen LogP contribution < -0.4 is 9.80 Å². The Morgan fingerprint density at radius 2 is 1.64 bits per heavy atom. The smallest absolute Gasteiger partial charge is 0.365 e. The molecular weight excluding hydrogens is 325 g/mol. The average molecular weight is 346 g/mol. The highest BCUT2D eigenvalue weighted by Crippen LogP contribution is 2.43. The first-order chi connectivity index (χ1) is 11.9. The fourth-order valence-electron chi connectivity index (χ4n) is 4.06. The maximum absolute atomic E-state index is 12.8. The van der Waals surface area contributed by atoms with Crippen LogP contribution in [0.5, 0.6) is 0 Å². The van der Waals surface area contributed by atoms with Gasteiger partial charge in [-0.2, -0.15) is 13.2 Å². The Morgan fingerprint density at radius 3 is 2.32 bits per heavy atom. The van der Waals surface area contributed by atoms with Crippen molar-refractivity contribution in [1.82, 2.24) is 0 Å². The van der Waals surface area contributed by atoms with E-state index < -0.39 is 11.7 Å². The van der Waals surface area contributed by atoms with Gasteiger partial charge in [0.15, 0.2) is 0 Å². The van der Waals surface area contributed by atoms with Gasteiger partial charge in [0.2, 0.25) is 0 Å². The summed E-state index contributed by atoms with van der Waals surface area (Å²) in [6, 6.07) is 14.1. The van der Waals surface area contributed by atoms with Gasteiger partial charge in [-0.15, -0.1) is 0 Å². The van der Waals surface area contributed by atoms with E-state index in [-0.39, 0.29) is 0 Å². The molecule has 2 nitrogen and oxygen atoms in total. The number of para-hydroxylation sites is 2. The highest BCUT2D eigenvalue weighted by Gasteiger charge is 2.35. The zero-order valence-corrected chi connectivity index (χ0v) is 14.1. The predicted molar refractivity (Wildman–Crippen MR) is 94.4 cm³/mol. The first-order valence-corrected chi connectivity index (χ1v) is 8.74. The molecule has 0 aliphatic carbocycles. The second-order valence-corrected chi connectivity index (χ2v) is 7.12. The van der Waals surface area contributed by atoms with E-state index in [0.29, 0.717) is 12.0 Å². The Morgan fingerprint density at radius 1 is 0.960 bits per heavy atom. The van der Waals surface area contributed by atoms with Crippen LogP contribution in [0.4, 0.5) is 30.2 Å². The van der Waals surface area contributed by atoms with Gasteiger partial charge in [-0.05, 0) is 55.2 Å². The second-order valence-electron chi connectivity index (χ2n) is 7.12. The molecule has 0 amide bonds. The zero-order chi connectivity index (χ0) is 17.6. The summed E-state index contributed by atoms with van der Waals surface area (Å²) < 4.78 is 38.5. The summed E-state index contributed by atoms with van der Waals surface area (Å²) in [5, 5.41) is 0. The molecule has 0 radical (unpaired) electrons. The molecule has 132 valence electrons. The van der Waals surface area contributed by atoms with Gasteiger partial charge in [-0.25, -0.2) is 0 Å². The molecule has 0 aromatic heterocycles. The molecule has 5 heteroatoms. The minimum Gasteiger partial charge on any atom is -0.365 e. The first-order valence-electron chi connectivity index (χ1n) is 8.74. The van der Waals surface area contributed by atoms with Crippen molar-refractivity contribution in [3.8, 4) is 0 Å². The summed E-state index contributed by atoms with van der Waals surface area (Å²) in [6.45, 7) is 4.14. The quantitative estimate of drug-likeness (QED) is 0.676. The minimum atomic E-state index is -4.30. The molecule has 2 unspecified atom stereocenters. The Labute approximate surface area is 145 Å². The maximum Gasteiger partial charge on any atom is 0.416 e. The molecule has 4 rings (SSSR count). The second kappa shape index (κ2) is 5.97. The summed E-state index contributed by atoms with van der Waals surface area (Å²) in [4.78, 5) is 4.63. The average Bonchev–Trinajstić information content (AvgIpc) is 2.60. The van der Waals surface area contributed by atoms with Crippen LogP contribution >= 0.6 is 0 Å². The zero-order valence-electron chi connectivity index (χ0n) is 14.1. The molecule has 2 aromatic carbocycles. The van der Waals surface area contributed by atoms with E-state index in [4.69, 9.17) is 0 Å². The van der Waals surface area contributed by atoms with Gasteiger partial charge in [-0.3, -0.25) is 0 Å². The summed E-state index contributed by atoms with van der Waals surface area (Å²) in [5.74, 6) is 0.681. The summed E-state index contributed by atoms with van der Waals surface area (Å²) in [5.41, 5.74) is 2.48. The lowest BCUT2D eigenvalue weighted by Gasteiger charge is -2.48. The third kappa shape index (κ3) is 2.96. The van der Waals surface area contributed by atoms with E-state index in [1.54, 1.807) is 12.1 Å². The molecule has 0 spiro atoms. The fourth-order valence-corrected chi connectivity index (χ4v) is 4.06. The van der Waals surface area contributed by atoms with E-state index in [9.17, 15) is 13.2 Å². The van der Waals surface area contributed by atoms with Crippen LogP contribution in [0.3, 0.4) is 0 Å². The van der Waals surface area contributed by atoms with Crippen molar-refractivity contribution in [2.24, 2.45) is 5.92 Å². The molecule has 2 aromatic rings. The molecule has 2 aliphatic rings. The Hall–Kier alpha value is -2.17. The third-order valence-corrected chi connectivity index (χ3v) is 5.36. The van der Waals surface area contributed by atoms with Gasteiger partial charge >= 0.3 is 6.18 Å². The van der Waals surface area contributed by atoms with Gasteiger partial charge in [0.1, 0.15) is 0 Å². The number of alkyl halides is 3. The third-order valence-electron chi connectivity index (χ3n) is 5.36. The van der Waals surface area contributed by atoms with Crippen molar-refractivity contribution in [3.05, 3.63) is 54.1 Å². The van der Waals surface area contributed by atoms with E-state index >= 15 is 0 Å². The van der Waals surface area contributed by atoms with Crippen LogP contribution in [0.1, 0.15) is 25.3 Å². The van der Waals surface area contributed by atoms with E-state index in [1.807, 2.05) is 12.1 Å². The molecular formula is C20H21F3N2. The molecule has 2 aliphatic heterocycles. The lowest BCUT2D eigenvalue weighted by molar-refractivity contribution is -0.137. The van der Waals surface area contributed by atoms with E-state index in [0.717, 1.165) is 30.9 Å². The summed E-state index contributed by atoms with van der Waals surface area (Å²) in [7, 11) is 0.